The fraction of sp³-hybridized carbons (Fsp3) is 1.00. The lowest BCUT2D eigenvalue weighted by Crippen LogP contribution is -2.50. The van der Waals surface area contributed by atoms with Gasteiger partial charge in [-0.05, 0) is 6.92 Å². The first-order valence-electron chi connectivity index (χ1n) is 5.48. The molecule has 0 radical (unpaired) electrons. The van der Waals surface area contributed by atoms with E-state index in [0.717, 1.165) is 0 Å². The number of morpholine rings is 1. The highest BCUT2D eigenvalue weighted by Crippen LogP contribution is 2.15. The van der Waals surface area contributed by atoms with Gasteiger partial charge in [0, 0.05) is 25.0 Å². The van der Waals surface area contributed by atoms with Gasteiger partial charge in [0.1, 0.15) is 6.61 Å². The Morgan fingerprint density at radius 1 is 1.47 bits per heavy atom. The van der Waals surface area contributed by atoms with Gasteiger partial charge < -0.3 is 9.47 Å². The van der Waals surface area contributed by atoms with Crippen molar-refractivity contribution in [3.63, 3.8) is 0 Å². The van der Waals surface area contributed by atoms with Gasteiger partial charge in [-0.25, -0.2) is 0 Å². The van der Waals surface area contributed by atoms with E-state index in [9.17, 15) is 13.2 Å². The number of hydrogen-bond acceptors (Lipinski definition) is 3. The molecule has 1 fully saturated rings. The lowest BCUT2D eigenvalue weighted by atomic mass is 10.2. The Balaban J connectivity index is 2.20. The predicted octanol–water partition coefficient (Wildman–Crippen LogP) is 1.89. The van der Waals surface area contributed by atoms with E-state index in [4.69, 9.17) is 16.3 Å². The van der Waals surface area contributed by atoms with Crippen molar-refractivity contribution >= 4 is 11.6 Å². The van der Waals surface area contributed by atoms with Crippen molar-refractivity contribution in [1.29, 1.82) is 0 Å². The Morgan fingerprint density at radius 2 is 2.18 bits per heavy atom. The van der Waals surface area contributed by atoms with Crippen molar-refractivity contribution in [2.24, 2.45) is 0 Å². The Labute approximate surface area is 104 Å². The fourth-order valence-electron chi connectivity index (χ4n) is 1.65. The van der Waals surface area contributed by atoms with Gasteiger partial charge in [-0.15, -0.1) is 11.6 Å². The maximum atomic E-state index is 11.8. The number of rotatable bonds is 5. The quantitative estimate of drug-likeness (QED) is 0.565. The highest BCUT2D eigenvalue weighted by atomic mass is 35.5. The van der Waals surface area contributed by atoms with Crippen LogP contribution in [0.15, 0.2) is 0 Å². The summed E-state index contributed by atoms with van der Waals surface area (Å²) in [5, 5.41) is 0. The van der Waals surface area contributed by atoms with Crippen LogP contribution in [0.25, 0.3) is 0 Å². The summed E-state index contributed by atoms with van der Waals surface area (Å²) in [5.74, 6) is 0.395. The van der Waals surface area contributed by atoms with Gasteiger partial charge in [0.15, 0.2) is 0 Å². The molecule has 102 valence electrons. The molecule has 0 saturated carbocycles. The molecule has 17 heavy (non-hydrogen) atoms. The van der Waals surface area contributed by atoms with Crippen LogP contribution in [-0.2, 0) is 9.47 Å². The molecule has 2 atom stereocenters. The molecule has 1 heterocycles. The maximum Gasteiger partial charge on any atom is 0.411 e. The van der Waals surface area contributed by atoms with E-state index in [1.54, 1.807) is 0 Å². The van der Waals surface area contributed by atoms with E-state index in [1.807, 2.05) is 11.8 Å². The Hall–Kier alpha value is -0.0400. The zero-order valence-corrected chi connectivity index (χ0v) is 10.4. The van der Waals surface area contributed by atoms with Crippen molar-refractivity contribution in [3.05, 3.63) is 0 Å². The summed E-state index contributed by atoms with van der Waals surface area (Å²) in [6.07, 6.45) is -4.30. The van der Waals surface area contributed by atoms with E-state index in [1.165, 1.54) is 0 Å². The molecule has 0 aliphatic carbocycles. The maximum absolute atomic E-state index is 11.8. The van der Waals surface area contributed by atoms with Crippen molar-refractivity contribution in [1.82, 2.24) is 4.90 Å². The van der Waals surface area contributed by atoms with E-state index in [2.05, 4.69) is 4.74 Å². The minimum absolute atomic E-state index is 0.0458. The molecule has 0 aromatic rings. The molecule has 0 aromatic carbocycles. The summed E-state index contributed by atoms with van der Waals surface area (Å²) in [6, 6.07) is 0.184. The van der Waals surface area contributed by atoms with Crippen LogP contribution < -0.4 is 0 Å². The molecule has 2 unspecified atom stereocenters. The standard InChI is InChI=1S/C10H17ClF3NO2/c1-8-6-17-9(4-11)5-15(8)2-3-16-7-10(12,13)14/h8-9H,2-7H2,1H3. The van der Waals surface area contributed by atoms with Crippen LogP contribution in [0.1, 0.15) is 6.92 Å². The van der Waals surface area contributed by atoms with Gasteiger partial charge >= 0.3 is 6.18 Å². The predicted molar refractivity (Wildman–Crippen MR) is 58.4 cm³/mol. The third-order valence-electron chi connectivity index (χ3n) is 2.60. The van der Waals surface area contributed by atoms with Crippen LogP contribution in [-0.4, -0.2) is 62.0 Å². The van der Waals surface area contributed by atoms with Crippen LogP contribution in [0.4, 0.5) is 13.2 Å². The lowest BCUT2D eigenvalue weighted by Gasteiger charge is -2.37. The first-order valence-corrected chi connectivity index (χ1v) is 6.02. The summed E-state index contributed by atoms with van der Waals surface area (Å²) in [6.45, 7) is 2.50. The van der Waals surface area contributed by atoms with E-state index >= 15 is 0 Å². The van der Waals surface area contributed by atoms with Crippen LogP contribution >= 0.6 is 11.6 Å². The van der Waals surface area contributed by atoms with Crippen LogP contribution in [0, 0.1) is 0 Å². The molecular formula is C10H17ClF3NO2. The Bertz CT molecular complexity index is 228. The largest absolute Gasteiger partial charge is 0.411 e. The fourth-order valence-corrected chi connectivity index (χ4v) is 1.84. The van der Waals surface area contributed by atoms with Gasteiger partial charge in [0.2, 0.25) is 0 Å². The van der Waals surface area contributed by atoms with Crippen molar-refractivity contribution in [3.8, 4) is 0 Å². The van der Waals surface area contributed by atoms with Crippen LogP contribution in [0.5, 0.6) is 0 Å². The number of nitrogens with zero attached hydrogens (tertiary/aromatic N) is 1. The highest BCUT2D eigenvalue weighted by molar-refractivity contribution is 6.18. The van der Waals surface area contributed by atoms with Crippen LogP contribution in [0.3, 0.4) is 0 Å². The summed E-state index contributed by atoms with van der Waals surface area (Å²) in [7, 11) is 0. The molecule has 1 aliphatic rings. The third kappa shape index (κ3) is 5.90. The lowest BCUT2D eigenvalue weighted by molar-refractivity contribution is -0.175. The van der Waals surface area contributed by atoms with Crippen molar-refractivity contribution in [2.45, 2.75) is 25.2 Å². The Morgan fingerprint density at radius 3 is 2.76 bits per heavy atom. The molecule has 0 bridgehead atoms. The molecule has 1 saturated heterocycles. The topological polar surface area (TPSA) is 21.7 Å². The highest BCUT2D eigenvalue weighted by Gasteiger charge is 2.28. The normalized spacial score (nSPS) is 27.4. The SMILES string of the molecule is CC1COC(CCl)CN1CCOCC(F)(F)F. The molecule has 3 nitrogen and oxygen atoms in total. The number of halogens is 4. The second kappa shape index (κ2) is 6.78. The molecule has 0 amide bonds. The zero-order chi connectivity index (χ0) is 12.9. The van der Waals surface area contributed by atoms with E-state index in [0.29, 0.717) is 25.6 Å². The molecule has 1 rings (SSSR count). The smallest absolute Gasteiger partial charge is 0.374 e. The average molecular weight is 276 g/mol. The molecule has 0 aromatic heterocycles. The van der Waals surface area contributed by atoms with E-state index < -0.39 is 12.8 Å². The summed E-state index contributed by atoms with van der Waals surface area (Å²) in [5.41, 5.74) is 0. The Kier molecular flexibility index (Phi) is 5.99. The summed E-state index contributed by atoms with van der Waals surface area (Å²) < 4.78 is 45.5. The molecule has 0 N–H and O–H groups in total. The summed E-state index contributed by atoms with van der Waals surface area (Å²) >= 11 is 5.68. The number of alkyl halides is 4. The number of hydrogen-bond donors (Lipinski definition) is 0. The first kappa shape index (κ1) is 15.0. The minimum atomic E-state index is -4.25. The van der Waals surface area contributed by atoms with Gasteiger partial charge in [0.05, 0.1) is 19.3 Å². The third-order valence-corrected chi connectivity index (χ3v) is 2.94. The van der Waals surface area contributed by atoms with Crippen molar-refractivity contribution in [2.75, 3.05) is 38.8 Å². The molecule has 0 spiro atoms. The second-order valence-corrected chi connectivity index (χ2v) is 4.43. The first-order chi connectivity index (χ1) is 7.92. The summed E-state index contributed by atoms with van der Waals surface area (Å²) in [4.78, 5) is 2.03. The molecule has 7 heteroatoms. The molecule has 1 aliphatic heterocycles. The van der Waals surface area contributed by atoms with Crippen LogP contribution in [0.2, 0.25) is 0 Å². The second-order valence-electron chi connectivity index (χ2n) is 4.12. The van der Waals surface area contributed by atoms with Crippen molar-refractivity contribution < 1.29 is 22.6 Å². The zero-order valence-electron chi connectivity index (χ0n) is 9.67. The molecular weight excluding hydrogens is 259 g/mol. The van der Waals surface area contributed by atoms with Gasteiger partial charge in [-0.3, -0.25) is 4.90 Å². The van der Waals surface area contributed by atoms with Gasteiger partial charge in [-0.2, -0.15) is 13.2 Å². The number of ether oxygens (including phenoxy) is 2. The van der Waals surface area contributed by atoms with E-state index in [-0.39, 0.29) is 18.8 Å². The van der Waals surface area contributed by atoms with Gasteiger partial charge in [-0.1, -0.05) is 0 Å². The minimum Gasteiger partial charge on any atom is -0.374 e. The monoisotopic (exact) mass is 275 g/mol. The van der Waals surface area contributed by atoms with Gasteiger partial charge in [0.25, 0.3) is 0 Å². The average Bonchev–Trinajstić information content (AvgIpc) is 2.25.